The monoisotopic (exact) mass is 324 g/mol. The molecule has 0 aliphatic heterocycles. The van der Waals surface area contributed by atoms with Gasteiger partial charge >= 0.3 is 0 Å². The van der Waals surface area contributed by atoms with Crippen LogP contribution in [-0.2, 0) is 13.1 Å². The number of hydrogen-bond donors (Lipinski definition) is 0. The van der Waals surface area contributed by atoms with E-state index >= 15 is 0 Å². The minimum Gasteiger partial charge on any atom is -0.320 e. The lowest BCUT2D eigenvalue weighted by Crippen LogP contribution is -2.22. The van der Waals surface area contributed by atoms with E-state index in [-0.39, 0.29) is 5.56 Å². The van der Waals surface area contributed by atoms with Gasteiger partial charge in [0.05, 0.1) is 6.33 Å². The molecule has 0 unspecified atom stereocenters. The summed E-state index contributed by atoms with van der Waals surface area (Å²) in [6.07, 6.45) is 9.22. The van der Waals surface area contributed by atoms with Crippen molar-refractivity contribution in [1.82, 2.24) is 19.1 Å². The third-order valence-electron chi connectivity index (χ3n) is 4.30. The number of benzene rings is 1. The van der Waals surface area contributed by atoms with Crippen molar-refractivity contribution in [2.24, 2.45) is 0 Å². The van der Waals surface area contributed by atoms with Crippen molar-refractivity contribution in [2.45, 2.75) is 52.1 Å². The van der Waals surface area contributed by atoms with Crippen LogP contribution >= 0.6 is 0 Å². The lowest BCUT2D eigenvalue weighted by atomic mass is 10.1. The Labute approximate surface area is 142 Å². The molecule has 0 amide bonds. The summed E-state index contributed by atoms with van der Waals surface area (Å²) in [4.78, 5) is 21.4. The van der Waals surface area contributed by atoms with Gasteiger partial charge in [0, 0.05) is 13.1 Å². The maximum atomic E-state index is 12.8. The number of fused-ring (bicyclic) bond motifs is 1. The number of aryl methyl sites for hydroxylation is 1. The van der Waals surface area contributed by atoms with Crippen LogP contribution in [0.1, 0.15) is 44.6 Å². The van der Waals surface area contributed by atoms with Crippen molar-refractivity contribution in [3.8, 4) is 0 Å². The van der Waals surface area contributed by atoms with E-state index in [4.69, 9.17) is 0 Å². The van der Waals surface area contributed by atoms with Crippen LogP contribution in [0, 0.1) is 0 Å². The van der Waals surface area contributed by atoms with Crippen LogP contribution in [0.5, 0.6) is 0 Å². The standard InChI is InChI=1S/C19H24N4O/c1-2-3-4-5-9-12-22-14-20-18-17(19(22)24)23(15-21-18)13-16-10-7-6-8-11-16/h6-8,10-11,14-15H,2-5,9,12-13H2,1H3. The minimum atomic E-state index is 0.00363. The van der Waals surface area contributed by atoms with Crippen LogP contribution in [0.25, 0.3) is 11.2 Å². The maximum Gasteiger partial charge on any atom is 0.279 e. The summed E-state index contributed by atoms with van der Waals surface area (Å²) in [5, 5.41) is 0. The van der Waals surface area contributed by atoms with Crippen LogP contribution in [0.4, 0.5) is 0 Å². The number of aromatic nitrogens is 4. The van der Waals surface area contributed by atoms with Crippen LogP contribution in [0.15, 0.2) is 47.8 Å². The molecular weight excluding hydrogens is 300 g/mol. The molecule has 24 heavy (non-hydrogen) atoms. The van der Waals surface area contributed by atoms with Crippen LogP contribution < -0.4 is 5.56 Å². The SMILES string of the molecule is CCCCCCCn1cnc2ncn(Cc3ccccc3)c2c1=O. The number of rotatable bonds is 8. The number of hydrogen-bond acceptors (Lipinski definition) is 3. The van der Waals surface area contributed by atoms with Crippen molar-refractivity contribution >= 4 is 11.2 Å². The first kappa shape index (κ1) is 16.4. The summed E-state index contributed by atoms with van der Waals surface area (Å²) in [5.74, 6) is 0. The Morgan fingerprint density at radius 1 is 0.917 bits per heavy atom. The molecule has 0 spiro atoms. The van der Waals surface area contributed by atoms with Gasteiger partial charge in [0.1, 0.15) is 6.33 Å². The van der Waals surface area contributed by atoms with Crippen molar-refractivity contribution in [3.63, 3.8) is 0 Å². The van der Waals surface area contributed by atoms with E-state index in [1.54, 1.807) is 17.2 Å². The van der Waals surface area contributed by atoms with Gasteiger partial charge in [-0.2, -0.15) is 0 Å². The highest BCUT2D eigenvalue weighted by molar-refractivity contribution is 5.69. The van der Waals surface area contributed by atoms with Gasteiger partial charge in [0.25, 0.3) is 5.56 Å². The summed E-state index contributed by atoms with van der Waals surface area (Å²) in [6, 6.07) is 10.1. The highest BCUT2D eigenvalue weighted by Crippen LogP contribution is 2.10. The summed E-state index contributed by atoms with van der Waals surface area (Å²) in [7, 11) is 0. The Balaban J connectivity index is 1.79. The average Bonchev–Trinajstić information content (AvgIpc) is 3.01. The fourth-order valence-corrected chi connectivity index (χ4v) is 2.94. The number of nitrogens with zero attached hydrogens (tertiary/aromatic N) is 4. The van der Waals surface area contributed by atoms with Crippen molar-refractivity contribution in [1.29, 1.82) is 0 Å². The Morgan fingerprint density at radius 2 is 1.62 bits per heavy atom. The summed E-state index contributed by atoms with van der Waals surface area (Å²) < 4.78 is 3.62. The molecule has 0 bridgehead atoms. The Morgan fingerprint density at radius 3 is 2.38 bits per heavy atom. The highest BCUT2D eigenvalue weighted by atomic mass is 16.1. The van der Waals surface area contributed by atoms with E-state index < -0.39 is 0 Å². The van der Waals surface area contributed by atoms with Gasteiger partial charge in [-0.15, -0.1) is 0 Å². The molecule has 3 aromatic rings. The zero-order valence-electron chi connectivity index (χ0n) is 14.2. The largest absolute Gasteiger partial charge is 0.320 e. The highest BCUT2D eigenvalue weighted by Gasteiger charge is 2.11. The fraction of sp³-hybridized carbons (Fsp3) is 0.421. The third kappa shape index (κ3) is 3.72. The fourth-order valence-electron chi connectivity index (χ4n) is 2.94. The van der Waals surface area contributed by atoms with Crippen molar-refractivity contribution in [2.75, 3.05) is 0 Å². The molecule has 0 fully saturated rings. The molecule has 2 aromatic heterocycles. The molecule has 1 aromatic carbocycles. The summed E-state index contributed by atoms with van der Waals surface area (Å²) in [5.41, 5.74) is 2.27. The van der Waals surface area contributed by atoms with Gasteiger partial charge in [-0.05, 0) is 12.0 Å². The number of imidazole rings is 1. The molecule has 3 rings (SSSR count). The van der Waals surface area contributed by atoms with E-state index in [2.05, 4.69) is 29.0 Å². The van der Waals surface area contributed by atoms with E-state index in [9.17, 15) is 4.79 Å². The molecule has 2 heterocycles. The van der Waals surface area contributed by atoms with Crippen molar-refractivity contribution < 1.29 is 0 Å². The molecule has 0 N–H and O–H groups in total. The molecule has 126 valence electrons. The molecular formula is C19H24N4O. The number of unbranched alkanes of at least 4 members (excludes halogenated alkanes) is 4. The van der Waals surface area contributed by atoms with E-state index in [0.29, 0.717) is 17.7 Å². The lowest BCUT2D eigenvalue weighted by Gasteiger charge is -2.07. The Bertz CT molecular complexity index is 835. The topological polar surface area (TPSA) is 52.7 Å². The van der Waals surface area contributed by atoms with E-state index in [0.717, 1.165) is 24.9 Å². The predicted molar refractivity (Wildman–Crippen MR) is 96.1 cm³/mol. The quantitative estimate of drug-likeness (QED) is 0.595. The van der Waals surface area contributed by atoms with Gasteiger partial charge in [0.2, 0.25) is 0 Å². The smallest absolute Gasteiger partial charge is 0.279 e. The van der Waals surface area contributed by atoms with Gasteiger partial charge < -0.3 is 4.57 Å². The van der Waals surface area contributed by atoms with E-state index in [1.807, 2.05) is 22.8 Å². The lowest BCUT2D eigenvalue weighted by molar-refractivity contribution is 0.555. The average molecular weight is 324 g/mol. The zero-order valence-corrected chi connectivity index (χ0v) is 14.2. The molecule has 0 radical (unpaired) electrons. The second-order valence-corrected chi connectivity index (χ2v) is 6.19. The van der Waals surface area contributed by atoms with Crippen LogP contribution in [0.2, 0.25) is 0 Å². The third-order valence-corrected chi connectivity index (χ3v) is 4.30. The molecule has 0 atom stereocenters. The van der Waals surface area contributed by atoms with Gasteiger partial charge in [-0.3, -0.25) is 9.36 Å². The molecule has 0 aliphatic rings. The summed E-state index contributed by atoms with van der Waals surface area (Å²) >= 11 is 0. The molecule has 0 saturated carbocycles. The normalized spacial score (nSPS) is 11.2. The second-order valence-electron chi connectivity index (χ2n) is 6.19. The van der Waals surface area contributed by atoms with Crippen LogP contribution in [0.3, 0.4) is 0 Å². The van der Waals surface area contributed by atoms with Crippen molar-refractivity contribution in [3.05, 3.63) is 58.9 Å². The summed E-state index contributed by atoms with van der Waals surface area (Å²) in [6.45, 7) is 3.56. The first-order valence-electron chi connectivity index (χ1n) is 8.74. The molecule has 5 nitrogen and oxygen atoms in total. The van der Waals surface area contributed by atoms with E-state index in [1.165, 1.54) is 19.3 Å². The van der Waals surface area contributed by atoms with Gasteiger partial charge in [-0.1, -0.05) is 62.9 Å². The molecule has 0 saturated heterocycles. The molecule has 5 heteroatoms. The van der Waals surface area contributed by atoms with Gasteiger partial charge in [-0.25, -0.2) is 9.97 Å². The van der Waals surface area contributed by atoms with Crippen LogP contribution in [-0.4, -0.2) is 19.1 Å². The predicted octanol–water partition coefficient (Wildman–Crippen LogP) is 3.61. The Kier molecular flexibility index (Phi) is 5.41. The minimum absolute atomic E-state index is 0.00363. The first-order chi connectivity index (χ1) is 11.8. The second kappa shape index (κ2) is 7.90. The first-order valence-corrected chi connectivity index (χ1v) is 8.74. The molecule has 0 aliphatic carbocycles. The zero-order chi connectivity index (χ0) is 16.8. The maximum absolute atomic E-state index is 12.8. The Hall–Kier alpha value is -2.43. The van der Waals surface area contributed by atoms with Gasteiger partial charge in [0.15, 0.2) is 11.2 Å².